The molecule has 0 aliphatic carbocycles. The van der Waals surface area contributed by atoms with Crippen LogP contribution in [0.15, 0.2) is 79.3 Å². The first-order valence-corrected chi connectivity index (χ1v) is 11.0. The highest BCUT2D eigenvalue weighted by atomic mass is 35.5. The molecule has 0 unspecified atom stereocenters. The van der Waals surface area contributed by atoms with Crippen molar-refractivity contribution in [2.24, 2.45) is 0 Å². The van der Waals surface area contributed by atoms with Crippen molar-refractivity contribution in [1.82, 2.24) is 29.6 Å². The smallest absolute Gasteiger partial charge is 0.240 e. The zero-order valence-corrected chi connectivity index (χ0v) is 18.8. The summed E-state index contributed by atoms with van der Waals surface area (Å²) in [6, 6.07) is 18.6. The lowest BCUT2D eigenvalue weighted by atomic mass is 10.2. The molecule has 0 atom stereocenters. The van der Waals surface area contributed by atoms with E-state index in [0.717, 1.165) is 16.6 Å². The van der Waals surface area contributed by atoms with Crippen LogP contribution in [0.2, 0.25) is 10.0 Å². The molecule has 2 aromatic carbocycles. The molecule has 5 rings (SSSR count). The first kappa shape index (κ1) is 21.2. The number of aromatic nitrogens is 5. The molecule has 7 nitrogen and oxygen atoms in total. The van der Waals surface area contributed by atoms with Crippen molar-refractivity contribution >= 4 is 40.1 Å². The summed E-state index contributed by atoms with van der Waals surface area (Å²) in [5.41, 5.74) is 3.16. The van der Waals surface area contributed by atoms with Crippen molar-refractivity contribution < 1.29 is 4.79 Å². The standard InChI is InChI=1S/C24H18Cl2N6O/c25-18-6-3-5-17(23(18)26)24-30-19-7-1-2-8-20(19)31(24)15-22(33)28-14-16-9-10-21(27-13-16)32-12-4-11-29-32/h1-13H,14-15H2,(H,28,33). The van der Waals surface area contributed by atoms with Crippen LogP contribution in [0.3, 0.4) is 0 Å². The van der Waals surface area contributed by atoms with Crippen molar-refractivity contribution in [3.05, 3.63) is 94.9 Å². The van der Waals surface area contributed by atoms with Crippen molar-refractivity contribution in [2.75, 3.05) is 0 Å². The van der Waals surface area contributed by atoms with E-state index in [-0.39, 0.29) is 12.5 Å². The van der Waals surface area contributed by atoms with Gasteiger partial charge in [0.15, 0.2) is 5.82 Å². The van der Waals surface area contributed by atoms with Gasteiger partial charge in [0.2, 0.25) is 5.91 Å². The van der Waals surface area contributed by atoms with Crippen LogP contribution in [0.25, 0.3) is 28.2 Å². The Balaban J connectivity index is 1.36. The fourth-order valence-corrected chi connectivity index (χ4v) is 3.96. The molecule has 0 saturated carbocycles. The van der Waals surface area contributed by atoms with Crippen LogP contribution in [0.4, 0.5) is 0 Å². The van der Waals surface area contributed by atoms with Gasteiger partial charge in [-0.25, -0.2) is 14.6 Å². The van der Waals surface area contributed by atoms with Crippen LogP contribution in [0.5, 0.6) is 0 Å². The van der Waals surface area contributed by atoms with E-state index in [1.54, 1.807) is 23.1 Å². The largest absolute Gasteiger partial charge is 0.350 e. The summed E-state index contributed by atoms with van der Waals surface area (Å²) in [4.78, 5) is 22.0. The number of nitrogens with one attached hydrogen (secondary N) is 1. The lowest BCUT2D eigenvalue weighted by molar-refractivity contribution is -0.121. The van der Waals surface area contributed by atoms with Crippen LogP contribution in [-0.2, 0) is 17.9 Å². The number of benzene rings is 2. The Labute approximate surface area is 199 Å². The van der Waals surface area contributed by atoms with E-state index >= 15 is 0 Å². The number of halogens is 2. The summed E-state index contributed by atoms with van der Waals surface area (Å²) in [7, 11) is 0. The molecule has 0 saturated heterocycles. The Morgan fingerprint density at radius 2 is 1.88 bits per heavy atom. The van der Waals surface area contributed by atoms with Crippen LogP contribution >= 0.6 is 23.2 Å². The molecule has 3 heterocycles. The quantitative estimate of drug-likeness (QED) is 0.377. The summed E-state index contributed by atoms with van der Waals surface area (Å²) in [5.74, 6) is 1.14. The number of fused-ring (bicyclic) bond motifs is 1. The zero-order chi connectivity index (χ0) is 22.8. The number of carbonyl (C=O) groups excluding carboxylic acids is 1. The number of hydrogen-bond donors (Lipinski definition) is 1. The van der Waals surface area contributed by atoms with Gasteiger partial charge in [-0.3, -0.25) is 4.79 Å². The Morgan fingerprint density at radius 1 is 1.00 bits per heavy atom. The van der Waals surface area contributed by atoms with E-state index < -0.39 is 0 Å². The predicted octanol–water partition coefficient (Wildman–Crippen LogP) is 4.91. The van der Waals surface area contributed by atoms with Crippen molar-refractivity contribution in [1.29, 1.82) is 0 Å². The maximum atomic E-state index is 12.9. The average molecular weight is 477 g/mol. The van der Waals surface area contributed by atoms with Crippen LogP contribution in [0.1, 0.15) is 5.56 Å². The average Bonchev–Trinajstić information content (AvgIpc) is 3.49. The minimum absolute atomic E-state index is 0.0808. The van der Waals surface area contributed by atoms with Gasteiger partial charge in [-0.2, -0.15) is 5.10 Å². The first-order chi connectivity index (χ1) is 16.1. The molecule has 164 valence electrons. The van der Waals surface area contributed by atoms with Gasteiger partial charge in [0.25, 0.3) is 0 Å². The number of amides is 1. The normalized spacial score (nSPS) is 11.1. The number of nitrogens with zero attached hydrogens (tertiary/aromatic N) is 5. The van der Waals surface area contributed by atoms with E-state index in [2.05, 4.69) is 15.4 Å². The molecular formula is C24H18Cl2N6O. The maximum Gasteiger partial charge on any atom is 0.240 e. The van der Waals surface area contributed by atoms with Gasteiger partial charge in [0.05, 0.1) is 21.1 Å². The molecule has 0 aliphatic rings. The molecule has 1 amide bonds. The highest BCUT2D eigenvalue weighted by Gasteiger charge is 2.18. The second-order valence-corrected chi connectivity index (χ2v) is 8.15. The Morgan fingerprint density at radius 3 is 2.67 bits per heavy atom. The van der Waals surface area contributed by atoms with Gasteiger partial charge in [-0.1, -0.05) is 47.5 Å². The number of carbonyl (C=O) groups is 1. The lowest BCUT2D eigenvalue weighted by Crippen LogP contribution is -2.27. The summed E-state index contributed by atoms with van der Waals surface area (Å²) in [5, 5.41) is 7.95. The van der Waals surface area contributed by atoms with Crippen LogP contribution < -0.4 is 5.32 Å². The van der Waals surface area contributed by atoms with Crippen LogP contribution in [-0.4, -0.2) is 30.2 Å². The second-order valence-electron chi connectivity index (χ2n) is 7.36. The Hall–Kier alpha value is -3.68. The minimum Gasteiger partial charge on any atom is -0.350 e. The third-order valence-electron chi connectivity index (χ3n) is 5.19. The van der Waals surface area contributed by atoms with E-state index in [9.17, 15) is 4.79 Å². The molecular weight excluding hydrogens is 459 g/mol. The molecule has 0 spiro atoms. The van der Waals surface area contributed by atoms with Crippen molar-refractivity contribution in [3.63, 3.8) is 0 Å². The number of para-hydroxylation sites is 2. The Kier molecular flexibility index (Phi) is 5.81. The molecule has 9 heteroatoms. The SMILES string of the molecule is O=C(Cn1c(-c2cccc(Cl)c2Cl)nc2ccccc21)NCc1ccc(-n2cccn2)nc1. The Bertz CT molecular complexity index is 1430. The molecule has 1 N–H and O–H groups in total. The van der Waals surface area contributed by atoms with Crippen molar-refractivity contribution in [3.8, 4) is 17.2 Å². The number of imidazole rings is 1. The van der Waals surface area contributed by atoms with Gasteiger partial charge in [0, 0.05) is 30.7 Å². The van der Waals surface area contributed by atoms with Gasteiger partial charge >= 0.3 is 0 Å². The molecule has 0 radical (unpaired) electrons. The fraction of sp³-hybridized carbons (Fsp3) is 0.0833. The third-order valence-corrected chi connectivity index (χ3v) is 6.01. The molecule has 3 aromatic heterocycles. The third kappa shape index (κ3) is 4.33. The monoisotopic (exact) mass is 476 g/mol. The fourth-order valence-electron chi connectivity index (χ4n) is 3.58. The molecule has 0 aliphatic heterocycles. The van der Waals surface area contributed by atoms with Gasteiger partial charge in [-0.15, -0.1) is 0 Å². The number of hydrogen-bond acceptors (Lipinski definition) is 4. The van der Waals surface area contributed by atoms with Crippen molar-refractivity contribution in [2.45, 2.75) is 13.1 Å². The number of rotatable bonds is 6. The predicted molar refractivity (Wildman–Crippen MR) is 128 cm³/mol. The second kappa shape index (κ2) is 9.05. The van der Waals surface area contributed by atoms with Gasteiger partial charge in [-0.05, 0) is 42.0 Å². The van der Waals surface area contributed by atoms with Gasteiger partial charge < -0.3 is 9.88 Å². The lowest BCUT2D eigenvalue weighted by Gasteiger charge is -2.12. The minimum atomic E-state index is -0.159. The molecule has 0 bridgehead atoms. The highest BCUT2D eigenvalue weighted by Crippen LogP contribution is 2.34. The maximum absolute atomic E-state index is 12.9. The zero-order valence-electron chi connectivity index (χ0n) is 17.3. The molecule has 5 aromatic rings. The summed E-state index contributed by atoms with van der Waals surface area (Å²) in [6.07, 6.45) is 5.24. The topological polar surface area (TPSA) is 77.6 Å². The summed E-state index contributed by atoms with van der Waals surface area (Å²) < 4.78 is 3.52. The van der Waals surface area contributed by atoms with E-state index in [1.807, 2.05) is 65.4 Å². The van der Waals surface area contributed by atoms with E-state index in [1.165, 1.54) is 0 Å². The first-order valence-electron chi connectivity index (χ1n) is 10.2. The van der Waals surface area contributed by atoms with E-state index in [0.29, 0.717) is 33.8 Å². The van der Waals surface area contributed by atoms with Gasteiger partial charge in [0.1, 0.15) is 12.4 Å². The summed E-state index contributed by atoms with van der Waals surface area (Å²) in [6.45, 7) is 0.433. The highest BCUT2D eigenvalue weighted by molar-refractivity contribution is 6.43. The molecule has 0 fully saturated rings. The number of pyridine rings is 1. The van der Waals surface area contributed by atoms with E-state index in [4.69, 9.17) is 28.2 Å². The molecule has 33 heavy (non-hydrogen) atoms. The van der Waals surface area contributed by atoms with Crippen LogP contribution in [0, 0.1) is 0 Å². The summed E-state index contributed by atoms with van der Waals surface area (Å²) >= 11 is 12.7.